The lowest BCUT2D eigenvalue weighted by molar-refractivity contribution is -0.134. The highest BCUT2D eigenvalue weighted by atomic mass is 35.5. The van der Waals surface area contributed by atoms with Gasteiger partial charge in [0.05, 0.1) is 18.7 Å². The van der Waals surface area contributed by atoms with Crippen molar-refractivity contribution in [3.05, 3.63) is 75.3 Å². The summed E-state index contributed by atoms with van der Waals surface area (Å²) in [6.45, 7) is 1.87. The van der Waals surface area contributed by atoms with Gasteiger partial charge in [-0.05, 0) is 36.8 Å². The number of imide groups is 1. The van der Waals surface area contributed by atoms with Crippen molar-refractivity contribution in [3.8, 4) is 0 Å². The van der Waals surface area contributed by atoms with E-state index < -0.39 is 4.48 Å². The molecule has 27 heavy (non-hydrogen) atoms. The summed E-state index contributed by atoms with van der Waals surface area (Å²) in [5.41, 5.74) is 2.10. The van der Waals surface area contributed by atoms with E-state index >= 15 is 0 Å². The van der Waals surface area contributed by atoms with E-state index in [-0.39, 0.29) is 24.3 Å². The molecule has 1 aliphatic rings. The largest absolute Gasteiger partial charge is 0.354 e. The van der Waals surface area contributed by atoms with Gasteiger partial charge >= 0.3 is 11.8 Å². The number of nitrogens with one attached hydrogen (secondary N) is 1. The van der Waals surface area contributed by atoms with Gasteiger partial charge in [0.1, 0.15) is 5.69 Å². The third-order valence-corrected chi connectivity index (χ3v) is 5.21. The second-order valence-corrected chi connectivity index (χ2v) is 7.29. The molecule has 7 heteroatoms. The van der Waals surface area contributed by atoms with Crippen LogP contribution < -0.4 is 9.80 Å². The SMILES string of the molecule is CC1=CC(=O)[N+](C)(c2ccc(C(=O)NCc3ccc(Cl)cc3Cl)cc2)C1=O. The lowest BCUT2D eigenvalue weighted by atomic mass is 10.1. The van der Waals surface area contributed by atoms with Gasteiger partial charge in [-0.25, -0.2) is 9.59 Å². The molecule has 1 atom stereocenters. The van der Waals surface area contributed by atoms with E-state index in [1.807, 2.05) is 0 Å². The molecule has 1 aliphatic heterocycles. The highest BCUT2D eigenvalue weighted by molar-refractivity contribution is 6.35. The Balaban J connectivity index is 1.73. The van der Waals surface area contributed by atoms with Crippen LogP contribution in [0.5, 0.6) is 0 Å². The number of nitrogens with zero attached hydrogens (tertiary/aromatic N) is 1. The van der Waals surface area contributed by atoms with E-state index in [2.05, 4.69) is 5.32 Å². The monoisotopic (exact) mass is 403 g/mol. The standard InChI is InChI=1S/C20H16Cl2N2O3/c1-12-9-18(25)24(2,20(12)27)16-7-4-13(5-8-16)19(26)23-11-14-3-6-15(21)10-17(14)22/h3-10H,11H2,1-2H3/p+1. The molecule has 1 unspecified atom stereocenters. The maximum atomic E-state index is 12.4. The van der Waals surface area contributed by atoms with Crippen LogP contribution in [0.1, 0.15) is 22.8 Å². The first-order valence-corrected chi connectivity index (χ1v) is 8.96. The number of hydrogen-bond acceptors (Lipinski definition) is 3. The Bertz CT molecular complexity index is 983. The summed E-state index contributed by atoms with van der Waals surface area (Å²) in [7, 11) is 1.55. The number of amides is 3. The number of rotatable bonds is 4. The second kappa shape index (κ2) is 7.27. The van der Waals surface area contributed by atoms with Gasteiger partial charge in [-0.3, -0.25) is 4.79 Å². The minimum Gasteiger partial charge on any atom is -0.348 e. The van der Waals surface area contributed by atoms with Gasteiger partial charge in [0, 0.05) is 34.3 Å². The first-order chi connectivity index (χ1) is 12.7. The molecule has 5 nitrogen and oxygen atoms in total. The van der Waals surface area contributed by atoms with Crippen LogP contribution in [0.2, 0.25) is 10.0 Å². The summed E-state index contributed by atoms with van der Waals surface area (Å²) >= 11 is 12.0. The topological polar surface area (TPSA) is 63.2 Å². The number of halogens is 2. The molecule has 1 heterocycles. The van der Waals surface area contributed by atoms with Gasteiger partial charge in [-0.1, -0.05) is 29.3 Å². The smallest absolute Gasteiger partial charge is 0.348 e. The molecule has 0 aliphatic carbocycles. The van der Waals surface area contributed by atoms with Crippen molar-refractivity contribution < 1.29 is 14.4 Å². The fourth-order valence-corrected chi connectivity index (χ4v) is 3.40. The van der Waals surface area contributed by atoms with Crippen LogP contribution >= 0.6 is 23.2 Å². The van der Waals surface area contributed by atoms with Crippen LogP contribution in [0.25, 0.3) is 0 Å². The van der Waals surface area contributed by atoms with Crippen molar-refractivity contribution in [2.75, 3.05) is 7.05 Å². The van der Waals surface area contributed by atoms with E-state index in [9.17, 15) is 14.4 Å². The Labute approximate surface area is 166 Å². The van der Waals surface area contributed by atoms with Crippen LogP contribution in [-0.2, 0) is 16.1 Å². The summed E-state index contributed by atoms with van der Waals surface area (Å²) in [5.74, 6) is -0.856. The summed E-state index contributed by atoms with van der Waals surface area (Å²) in [6, 6.07) is 11.5. The normalized spacial score (nSPS) is 19.2. The molecule has 3 rings (SSSR count). The van der Waals surface area contributed by atoms with Crippen molar-refractivity contribution in [2.24, 2.45) is 0 Å². The minimum atomic E-state index is -0.450. The quantitative estimate of drug-likeness (QED) is 0.622. The van der Waals surface area contributed by atoms with E-state index in [0.717, 1.165) is 5.56 Å². The fourth-order valence-electron chi connectivity index (χ4n) is 2.93. The maximum Gasteiger partial charge on any atom is 0.354 e. The Morgan fingerprint density at radius 3 is 2.30 bits per heavy atom. The van der Waals surface area contributed by atoms with Gasteiger partial charge in [-0.2, -0.15) is 4.48 Å². The van der Waals surface area contributed by atoms with Gasteiger partial charge in [0.15, 0.2) is 0 Å². The zero-order valence-electron chi connectivity index (χ0n) is 14.8. The van der Waals surface area contributed by atoms with E-state index in [1.54, 1.807) is 56.4 Å². The molecule has 3 amide bonds. The zero-order valence-corrected chi connectivity index (χ0v) is 16.3. The molecule has 138 valence electrons. The van der Waals surface area contributed by atoms with Crippen LogP contribution in [0.3, 0.4) is 0 Å². The van der Waals surface area contributed by atoms with Crippen LogP contribution in [0.4, 0.5) is 5.69 Å². The zero-order chi connectivity index (χ0) is 19.8. The number of benzene rings is 2. The lowest BCUT2D eigenvalue weighted by Gasteiger charge is -2.23. The minimum absolute atomic E-state index is 0.254. The van der Waals surface area contributed by atoms with Crippen molar-refractivity contribution in [1.82, 2.24) is 9.80 Å². The number of hydrogen-bond donors (Lipinski definition) is 1. The lowest BCUT2D eigenvalue weighted by Crippen LogP contribution is -2.51. The van der Waals surface area contributed by atoms with Crippen molar-refractivity contribution in [1.29, 1.82) is 0 Å². The van der Waals surface area contributed by atoms with Gasteiger partial charge in [0.2, 0.25) is 0 Å². The third kappa shape index (κ3) is 3.54. The van der Waals surface area contributed by atoms with Crippen molar-refractivity contribution >= 4 is 46.6 Å². The molecular formula is C20H17Cl2N2O3+. The third-order valence-electron chi connectivity index (χ3n) is 4.62. The summed E-state index contributed by atoms with van der Waals surface area (Å²) in [5, 5.41) is 3.79. The van der Waals surface area contributed by atoms with Gasteiger partial charge in [0.25, 0.3) is 5.91 Å². The predicted molar refractivity (Wildman–Crippen MR) is 106 cm³/mol. The molecule has 0 radical (unpaired) electrons. The second-order valence-electron chi connectivity index (χ2n) is 6.44. The first kappa shape index (κ1) is 19.3. The fraction of sp³-hybridized carbons (Fsp3) is 0.150. The summed E-state index contributed by atoms with van der Waals surface area (Å²) in [4.78, 5) is 36.9. The average Bonchev–Trinajstić information content (AvgIpc) is 2.84. The number of carbonyl (C=O) groups excluding carboxylic acids is 3. The van der Waals surface area contributed by atoms with E-state index in [0.29, 0.717) is 26.9 Å². The molecule has 1 N–H and O–H groups in total. The van der Waals surface area contributed by atoms with Crippen LogP contribution in [0, 0.1) is 0 Å². The van der Waals surface area contributed by atoms with E-state index in [1.165, 1.54) is 6.08 Å². The Morgan fingerprint density at radius 2 is 1.74 bits per heavy atom. The van der Waals surface area contributed by atoms with Crippen molar-refractivity contribution in [2.45, 2.75) is 13.5 Å². The van der Waals surface area contributed by atoms with Gasteiger partial charge in [-0.15, -0.1) is 0 Å². The highest BCUT2D eigenvalue weighted by Crippen LogP contribution is 2.29. The number of carbonyl (C=O) groups is 3. The molecule has 2 aromatic rings. The van der Waals surface area contributed by atoms with Crippen molar-refractivity contribution in [3.63, 3.8) is 0 Å². The molecule has 0 fully saturated rings. The van der Waals surface area contributed by atoms with Gasteiger partial charge < -0.3 is 5.32 Å². The first-order valence-electron chi connectivity index (χ1n) is 8.20. The molecule has 0 spiro atoms. The molecule has 0 bridgehead atoms. The number of quaternary nitrogens is 1. The molecule has 2 aromatic carbocycles. The Morgan fingerprint density at radius 1 is 1.07 bits per heavy atom. The number of likely N-dealkylation sites (N-methyl/N-ethyl adjacent to an activating group) is 1. The Hall–Kier alpha value is -2.47. The Kier molecular flexibility index (Phi) is 5.20. The van der Waals surface area contributed by atoms with Crippen LogP contribution in [-0.4, -0.2) is 24.8 Å². The average molecular weight is 404 g/mol. The molecule has 0 saturated heterocycles. The summed E-state index contributed by atoms with van der Waals surface area (Å²) in [6.07, 6.45) is 1.35. The maximum absolute atomic E-state index is 12.4. The predicted octanol–water partition coefficient (Wildman–Crippen LogP) is 3.87. The highest BCUT2D eigenvalue weighted by Gasteiger charge is 2.47. The molecular weight excluding hydrogens is 387 g/mol. The molecule has 0 aromatic heterocycles. The van der Waals surface area contributed by atoms with E-state index in [4.69, 9.17) is 23.2 Å². The summed E-state index contributed by atoms with van der Waals surface area (Å²) < 4.78 is -0.450. The van der Waals surface area contributed by atoms with Crippen LogP contribution in [0.15, 0.2) is 54.1 Å². The molecule has 0 saturated carbocycles.